The molecular weight excluding hydrogens is 249 g/mol. The molecule has 5 heteroatoms. The molecule has 0 atom stereocenters. The summed E-state index contributed by atoms with van der Waals surface area (Å²) in [5.41, 5.74) is 0.712. The Balaban J connectivity index is 2.47. The summed E-state index contributed by atoms with van der Waals surface area (Å²) in [5, 5.41) is 0.489. The van der Waals surface area contributed by atoms with Gasteiger partial charge in [0.05, 0.1) is 14.8 Å². The maximum absolute atomic E-state index is 12.6. The number of carbonyl (C=O) groups is 1. The molecule has 2 aromatic rings. The van der Waals surface area contributed by atoms with Crippen molar-refractivity contribution < 1.29 is 9.18 Å². The molecule has 2 rings (SSSR count). The molecule has 0 bridgehead atoms. The summed E-state index contributed by atoms with van der Waals surface area (Å²) in [4.78, 5) is 16.0. The van der Waals surface area contributed by atoms with Crippen LogP contribution in [-0.2, 0) is 0 Å². The molecule has 0 radical (unpaired) electrons. The summed E-state index contributed by atoms with van der Waals surface area (Å²) in [6.45, 7) is 1.48. The van der Waals surface area contributed by atoms with E-state index in [4.69, 9.17) is 11.6 Å². The van der Waals surface area contributed by atoms with Crippen molar-refractivity contribution in [2.45, 2.75) is 6.92 Å². The number of ketones is 1. The smallest absolute Gasteiger partial charge is 0.212 e. The number of rotatable bonds is 2. The molecule has 2 nitrogen and oxygen atoms in total. The van der Waals surface area contributed by atoms with Crippen molar-refractivity contribution in [1.82, 2.24) is 4.98 Å². The minimum absolute atomic E-state index is 0.0341. The lowest BCUT2D eigenvalue weighted by molar-refractivity contribution is 0.102. The van der Waals surface area contributed by atoms with Crippen LogP contribution in [0.25, 0.3) is 10.4 Å². The van der Waals surface area contributed by atoms with Crippen LogP contribution in [0.3, 0.4) is 0 Å². The van der Waals surface area contributed by atoms with Gasteiger partial charge in [-0.1, -0.05) is 11.6 Å². The second-order valence-electron chi connectivity index (χ2n) is 3.21. The average molecular weight is 256 g/mol. The molecule has 0 aromatic carbocycles. The average Bonchev–Trinajstić information content (AvgIpc) is 2.62. The first-order valence-electron chi connectivity index (χ1n) is 4.50. The molecule has 0 unspecified atom stereocenters. The number of hydrogen-bond donors (Lipinski definition) is 0. The first kappa shape index (κ1) is 11.2. The quantitative estimate of drug-likeness (QED) is 0.603. The van der Waals surface area contributed by atoms with Gasteiger partial charge in [0.15, 0.2) is 5.78 Å². The van der Waals surface area contributed by atoms with Gasteiger partial charge in [0.2, 0.25) is 5.95 Å². The van der Waals surface area contributed by atoms with E-state index in [0.29, 0.717) is 15.5 Å². The van der Waals surface area contributed by atoms with Crippen LogP contribution in [0.15, 0.2) is 24.4 Å². The standard InChI is InChI=1S/C11H7ClFNOS/c1-6(15)9-4-8(12)11(16-9)7-2-3-10(13)14-5-7/h2-5H,1H3. The van der Waals surface area contributed by atoms with Gasteiger partial charge in [0.25, 0.3) is 0 Å². The summed E-state index contributed by atoms with van der Waals surface area (Å²) in [6.07, 6.45) is 1.40. The number of carbonyl (C=O) groups excluding carboxylic acids is 1. The van der Waals surface area contributed by atoms with Crippen LogP contribution in [0, 0.1) is 5.95 Å². The topological polar surface area (TPSA) is 30.0 Å². The minimum atomic E-state index is -0.539. The van der Waals surface area contributed by atoms with Gasteiger partial charge in [-0.3, -0.25) is 4.79 Å². The van der Waals surface area contributed by atoms with E-state index in [1.165, 1.54) is 30.5 Å². The summed E-state index contributed by atoms with van der Waals surface area (Å²) < 4.78 is 12.6. The van der Waals surface area contributed by atoms with Crippen LogP contribution in [0.5, 0.6) is 0 Å². The van der Waals surface area contributed by atoms with Gasteiger partial charge in [-0.15, -0.1) is 11.3 Å². The third-order valence-corrected chi connectivity index (χ3v) is 3.72. The summed E-state index contributed by atoms with van der Waals surface area (Å²) >= 11 is 7.28. The normalized spacial score (nSPS) is 10.4. The molecule has 2 heterocycles. The van der Waals surface area contributed by atoms with Crippen molar-refractivity contribution in [3.63, 3.8) is 0 Å². The van der Waals surface area contributed by atoms with Gasteiger partial charge < -0.3 is 0 Å². The van der Waals surface area contributed by atoms with Crippen LogP contribution >= 0.6 is 22.9 Å². The van der Waals surface area contributed by atoms with Crippen LogP contribution in [0.1, 0.15) is 16.6 Å². The number of Topliss-reactive ketones (excluding diaryl/α,β-unsaturated/α-hetero) is 1. The van der Waals surface area contributed by atoms with Crippen molar-refractivity contribution in [2.24, 2.45) is 0 Å². The first-order valence-corrected chi connectivity index (χ1v) is 5.69. The Hall–Kier alpha value is -1.26. The highest BCUT2D eigenvalue weighted by atomic mass is 35.5. The van der Waals surface area contributed by atoms with Crippen LogP contribution < -0.4 is 0 Å². The summed E-state index contributed by atoms with van der Waals surface area (Å²) in [7, 11) is 0. The van der Waals surface area contributed by atoms with E-state index in [1.54, 1.807) is 12.1 Å². The Bertz CT molecular complexity index is 535. The van der Waals surface area contributed by atoms with E-state index >= 15 is 0 Å². The maximum atomic E-state index is 12.6. The number of hydrogen-bond acceptors (Lipinski definition) is 3. The molecule has 0 amide bonds. The van der Waals surface area contributed by atoms with E-state index in [1.807, 2.05) is 0 Å². The highest BCUT2D eigenvalue weighted by molar-refractivity contribution is 7.18. The molecule has 2 aromatic heterocycles. The third kappa shape index (κ3) is 2.13. The molecule has 0 fully saturated rings. The highest BCUT2D eigenvalue weighted by Gasteiger charge is 2.12. The molecule has 0 spiro atoms. The Morgan fingerprint density at radius 3 is 2.75 bits per heavy atom. The number of thiophene rings is 1. The van der Waals surface area contributed by atoms with Crippen LogP contribution in [0.4, 0.5) is 4.39 Å². The zero-order valence-corrected chi connectivity index (χ0v) is 9.90. The third-order valence-electron chi connectivity index (χ3n) is 2.02. The van der Waals surface area contributed by atoms with Crippen LogP contribution in [0.2, 0.25) is 5.02 Å². The van der Waals surface area contributed by atoms with Gasteiger partial charge in [-0.05, 0) is 25.1 Å². The van der Waals surface area contributed by atoms with E-state index in [2.05, 4.69) is 4.98 Å². The van der Waals surface area contributed by atoms with Gasteiger partial charge in [0.1, 0.15) is 0 Å². The van der Waals surface area contributed by atoms with E-state index in [-0.39, 0.29) is 5.78 Å². The second-order valence-corrected chi connectivity index (χ2v) is 4.67. The SMILES string of the molecule is CC(=O)c1cc(Cl)c(-c2ccc(F)nc2)s1. The van der Waals surface area contributed by atoms with E-state index < -0.39 is 5.95 Å². The lowest BCUT2D eigenvalue weighted by Gasteiger charge is -1.96. The summed E-state index contributed by atoms with van der Waals surface area (Å²) in [6, 6.07) is 4.47. The molecule has 0 saturated heterocycles. The van der Waals surface area contributed by atoms with Gasteiger partial charge in [-0.2, -0.15) is 4.39 Å². The fourth-order valence-corrected chi connectivity index (χ4v) is 2.58. The Morgan fingerprint density at radius 2 is 2.25 bits per heavy atom. The van der Waals surface area contributed by atoms with E-state index in [9.17, 15) is 9.18 Å². The first-order chi connectivity index (χ1) is 7.58. The van der Waals surface area contributed by atoms with Gasteiger partial charge in [0, 0.05) is 11.8 Å². The molecule has 82 valence electrons. The molecule has 0 saturated carbocycles. The Kier molecular flexibility index (Phi) is 3.03. The zero-order chi connectivity index (χ0) is 11.7. The largest absolute Gasteiger partial charge is 0.294 e. The highest BCUT2D eigenvalue weighted by Crippen LogP contribution is 2.36. The monoisotopic (exact) mass is 255 g/mol. The lowest BCUT2D eigenvalue weighted by Crippen LogP contribution is -1.83. The number of aromatic nitrogens is 1. The van der Waals surface area contributed by atoms with Crippen molar-refractivity contribution in [3.05, 3.63) is 40.2 Å². The van der Waals surface area contributed by atoms with Crippen molar-refractivity contribution >= 4 is 28.7 Å². The van der Waals surface area contributed by atoms with E-state index in [0.717, 1.165) is 4.88 Å². The fourth-order valence-electron chi connectivity index (χ4n) is 1.25. The number of halogens is 2. The van der Waals surface area contributed by atoms with Crippen molar-refractivity contribution in [1.29, 1.82) is 0 Å². The zero-order valence-electron chi connectivity index (χ0n) is 8.33. The van der Waals surface area contributed by atoms with Crippen molar-refractivity contribution in [3.8, 4) is 10.4 Å². The predicted octanol–water partition coefficient (Wildman–Crippen LogP) is 3.81. The second kappa shape index (κ2) is 4.31. The van der Waals surface area contributed by atoms with Gasteiger partial charge in [-0.25, -0.2) is 4.98 Å². The molecular formula is C11H7ClFNOS. The molecule has 0 aliphatic carbocycles. The van der Waals surface area contributed by atoms with Gasteiger partial charge >= 0.3 is 0 Å². The lowest BCUT2D eigenvalue weighted by atomic mass is 10.2. The fraction of sp³-hybridized carbons (Fsp3) is 0.0909. The molecule has 16 heavy (non-hydrogen) atoms. The number of nitrogens with zero attached hydrogens (tertiary/aromatic N) is 1. The molecule has 0 aliphatic rings. The summed E-state index contributed by atoms with van der Waals surface area (Å²) in [5.74, 6) is -0.573. The minimum Gasteiger partial charge on any atom is -0.294 e. The molecule has 0 N–H and O–H groups in total. The Morgan fingerprint density at radius 1 is 1.50 bits per heavy atom. The predicted molar refractivity (Wildman–Crippen MR) is 62.5 cm³/mol. The number of pyridine rings is 1. The maximum Gasteiger partial charge on any atom is 0.212 e. The van der Waals surface area contributed by atoms with Crippen LogP contribution in [-0.4, -0.2) is 10.8 Å². The molecule has 0 aliphatic heterocycles. The Labute approximate surface area is 101 Å². The van der Waals surface area contributed by atoms with Crippen molar-refractivity contribution in [2.75, 3.05) is 0 Å².